The Morgan fingerprint density at radius 1 is 1.11 bits per heavy atom. The van der Waals surface area contributed by atoms with Gasteiger partial charge in [-0.25, -0.2) is 4.79 Å². The lowest BCUT2D eigenvalue weighted by Crippen LogP contribution is -2.48. The summed E-state index contributed by atoms with van der Waals surface area (Å²) >= 11 is 0. The van der Waals surface area contributed by atoms with Crippen LogP contribution in [0.5, 0.6) is 0 Å². The summed E-state index contributed by atoms with van der Waals surface area (Å²) in [5, 5.41) is 5.27. The van der Waals surface area contributed by atoms with Crippen LogP contribution in [0, 0.1) is 0 Å². The number of hydrogen-bond acceptors (Lipinski definition) is 5. The lowest BCUT2D eigenvalue weighted by atomic mass is 10.2. The lowest BCUT2D eigenvalue weighted by Gasteiger charge is -2.23. The topological polar surface area (TPSA) is 89.5 Å². The number of nitrogens with one attached hydrogen (secondary N) is 2. The first-order chi connectivity index (χ1) is 12.8. The standard InChI is InChI=1S/C20H25N3O4/c1-20(2,3)27-19(25)23-17(14-26-13-15-8-5-4-6-9-15)18(24)22-16-10-7-11-21-12-16/h4-12,17H,13-14H2,1-3H3,(H,22,24)(H,23,25). The van der Waals surface area contributed by atoms with Crippen molar-refractivity contribution in [2.24, 2.45) is 0 Å². The van der Waals surface area contributed by atoms with Crippen LogP contribution < -0.4 is 10.6 Å². The maximum absolute atomic E-state index is 12.6. The number of benzene rings is 1. The van der Waals surface area contributed by atoms with Crippen LogP contribution in [0.25, 0.3) is 0 Å². The van der Waals surface area contributed by atoms with Crippen LogP contribution in [-0.2, 0) is 20.9 Å². The Balaban J connectivity index is 1.98. The van der Waals surface area contributed by atoms with Crippen molar-refractivity contribution in [2.45, 2.75) is 39.0 Å². The van der Waals surface area contributed by atoms with Gasteiger partial charge in [-0.15, -0.1) is 0 Å². The van der Waals surface area contributed by atoms with Crippen LogP contribution in [-0.4, -0.2) is 35.2 Å². The molecule has 0 bridgehead atoms. The number of nitrogens with zero attached hydrogens (tertiary/aromatic N) is 1. The number of carbonyl (C=O) groups is 2. The zero-order chi connectivity index (χ0) is 19.7. The summed E-state index contributed by atoms with van der Waals surface area (Å²) in [6.07, 6.45) is 2.44. The minimum Gasteiger partial charge on any atom is -0.444 e. The van der Waals surface area contributed by atoms with Gasteiger partial charge in [0.1, 0.15) is 11.6 Å². The summed E-state index contributed by atoms with van der Waals surface area (Å²) in [4.78, 5) is 28.6. The van der Waals surface area contributed by atoms with E-state index in [1.54, 1.807) is 39.1 Å². The summed E-state index contributed by atoms with van der Waals surface area (Å²) in [7, 11) is 0. The fraction of sp³-hybridized carbons (Fsp3) is 0.350. The van der Waals surface area contributed by atoms with Gasteiger partial charge >= 0.3 is 6.09 Å². The van der Waals surface area contributed by atoms with Crippen LogP contribution in [0.2, 0.25) is 0 Å². The molecule has 0 saturated carbocycles. The number of rotatable bonds is 7. The van der Waals surface area contributed by atoms with Crippen molar-refractivity contribution in [2.75, 3.05) is 11.9 Å². The molecule has 0 fully saturated rings. The van der Waals surface area contributed by atoms with E-state index in [4.69, 9.17) is 9.47 Å². The van der Waals surface area contributed by atoms with Gasteiger partial charge in [0.15, 0.2) is 0 Å². The van der Waals surface area contributed by atoms with Crippen LogP contribution in [0.4, 0.5) is 10.5 Å². The monoisotopic (exact) mass is 371 g/mol. The fourth-order valence-electron chi connectivity index (χ4n) is 2.17. The quantitative estimate of drug-likeness (QED) is 0.780. The first-order valence-electron chi connectivity index (χ1n) is 8.65. The molecule has 0 aliphatic heterocycles. The van der Waals surface area contributed by atoms with Crippen molar-refractivity contribution in [3.63, 3.8) is 0 Å². The molecule has 1 unspecified atom stereocenters. The highest BCUT2D eigenvalue weighted by Crippen LogP contribution is 2.09. The molecule has 1 heterocycles. The van der Waals surface area contributed by atoms with E-state index in [1.807, 2.05) is 30.3 Å². The van der Waals surface area contributed by atoms with Crippen molar-refractivity contribution in [3.05, 3.63) is 60.4 Å². The number of amides is 2. The lowest BCUT2D eigenvalue weighted by molar-refractivity contribution is -0.119. The number of anilines is 1. The molecule has 0 aliphatic carbocycles. The molecule has 1 aromatic carbocycles. The maximum atomic E-state index is 12.6. The normalized spacial score (nSPS) is 12.1. The second-order valence-electron chi connectivity index (χ2n) is 6.93. The van der Waals surface area contributed by atoms with E-state index in [2.05, 4.69) is 15.6 Å². The van der Waals surface area contributed by atoms with Crippen LogP contribution in [0.15, 0.2) is 54.9 Å². The van der Waals surface area contributed by atoms with E-state index in [9.17, 15) is 9.59 Å². The Bertz CT molecular complexity index is 730. The third kappa shape index (κ3) is 7.87. The van der Waals surface area contributed by atoms with Gasteiger partial charge in [-0.2, -0.15) is 0 Å². The van der Waals surface area contributed by atoms with Gasteiger partial charge in [0, 0.05) is 6.20 Å². The van der Waals surface area contributed by atoms with E-state index in [0.29, 0.717) is 12.3 Å². The Morgan fingerprint density at radius 3 is 2.48 bits per heavy atom. The largest absolute Gasteiger partial charge is 0.444 e. The molecule has 27 heavy (non-hydrogen) atoms. The summed E-state index contributed by atoms with van der Waals surface area (Å²) in [6.45, 7) is 5.59. The van der Waals surface area contributed by atoms with E-state index in [0.717, 1.165) is 5.56 Å². The van der Waals surface area contributed by atoms with Gasteiger partial charge in [0.2, 0.25) is 5.91 Å². The van der Waals surface area contributed by atoms with Gasteiger partial charge < -0.3 is 20.1 Å². The van der Waals surface area contributed by atoms with Gasteiger partial charge in [0.05, 0.1) is 25.1 Å². The SMILES string of the molecule is CC(C)(C)OC(=O)NC(COCc1ccccc1)C(=O)Nc1cccnc1. The molecule has 144 valence electrons. The molecule has 2 amide bonds. The smallest absolute Gasteiger partial charge is 0.408 e. The third-order valence-corrected chi connectivity index (χ3v) is 3.33. The number of carbonyl (C=O) groups excluding carboxylic acids is 2. The highest BCUT2D eigenvalue weighted by atomic mass is 16.6. The molecule has 2 aromatic rings. The van der Waals surface area contributed by atoms with E-state index in [-0.39, 0.29) is 6.61 Å². The van der Waals surface area contributed by atoms with E-state index >= 15 is 0 Å². The number of ether oxygens (including phenoxy) is 2. The van der Waals surface area contributed by atoms with E-state index in [1.165, 1.54) is 6.20 Å². The highest BCUT2D eigenvalue weighted by Gasteiger charge is 2.24. The first kappa shape index (κ1) is 20.4. The van der Waals surface area contributed by atoms with Gasteiger partial charge in [-0.1, -0.05) is 30.3 Å². The Kier molecular flexibility index (Phi) is 7.31. The molecule has 2 rings (SSSR count). The molecular formula is C20H25N3O4. The van der Waals surface area contributed by atoms with Crippen LogP contribution in [0.1, 0.15) is 26.3 Å². The predicted molar refractivity (Wildman–Crippen MR) is 102 cm³/mol. The number of aromatic nitrogens is 1. The van der Waals surface area contributed by atoms with Crippen molar-refractivity contribution >= 4 is 17.7 Å². The first-order valence-corrected chi connectivity index (χ1v) is 8.65. The second kappa shape index (κ2) is 9.68. The van der Waals surface area contributed by atoms with Gasteiger partial charge in [0.25, 0.3) is 0 Å². The van der Waals surface area contributed by atoms with E-state index < -0.39 is 23.6 Å². The summed E-state index contributed by atoms with van der Waals surface area (Å²) < 4.78 is 10.9. The van der Waals surface area contributed by atoms with Crippen LogP contribution >= 0.6 is 0 Å². The molecule has 7 heteroatoms. The minimum absolute atomic E-state index is 0.000231. The molecule has 1 atom stereocenters. The zero-order valence-corrected chi connectivity index (χ0v) is 15.8. The van der Waals surface area contributed by atoms with Crippen molar-refractivity contribution in [1.29, 1.82) is 0 Å². The Morgan fingerprint density at radius 2 is 1.85 bits per heavy atom. The van der Waals surface area contributed by atoms with Gasteiger partial charge in [-0.05, 0) is 38.5 Å². The summed E-state index contributed by atoms with van der Waals surface area (Å²) in [6, 6.07) is 12.1. The zero-order valence-electron chi connectivity index (χ0n) is 15.8. The highest BCUT2D eigenvalue weighted by molar-refractivity contribution is 5.96. The molecular weight excluding hydrogens is 346 g/mol. The average molecular weight is 371 g/mol. The van der Waals surface area contributed by atoms with Crippen molar-refractivity contribution < 1.29 is 19.1 Å². The minimum atomic E-state index is -0.913. The fourth-order valence-corrected chi connectivity index (χ4v) is 2.17. The van der Waals surface area contributed by atoms with Crippen molar-refractivity contribution in [3.8, 4) is 0 Å². The second-order valence-corrected chi connectivity index (χ2v) is 6.93. The van der Waals surface area contributed by atoms with Gasteiger partial charge in [-0.3, -0.25) is 9.78 Å². The molecule has 0 aliphatic rings. The molecule has 7 nitrogen and oxygen atoms in total. The number of pyridine rings is 1. The summed E-state index contributed by atoms with van der Waals surface area (Å²) in [5.74, 6) is -0.415. The van der Waals surface area contributed by atoms with Crippen molar-refractivity contribution in [1.82, 2.24) is 10.3 Å². The number of alkyl carbamates (subject to hydrolysis) is 1. The Hall–Kier alpha value is -2.93. The average Bonchev–Trinajstić information content (AvgIpc) is 2.61. The maximum Gasteiger partial charge on any atom is 0.408 e. The van der Waals surface area contributed by atoms with Crippen LogP contribution in [0.3, 0.4) is 0 Å². The molecule has 0 spiro atoms. The molecule has 2 N–H and O–H groups in total. The Labute approximate surface area is 159 Å². The predicted octanol–water partition coefficient (Wildman–Crippen LogP) is 3.13. The number of hydrogen-bond donors (Lipinski definition) is 2. The third-order valence-electron chi connectivity index (χ3n) is 3.33. The molecule has 0 radical (unpaired) electrons. The molecule has 0 saturated heterocycles. The molecule has 1 aromatic heterocycles. The summed E-state index contributed by atoms with van der Waals surface area (Å²) in [5.41, 5.74) is 0.835.